The maximum Gasteiger partial charge on any atom is 0.0612 e. The molecule has 0 heterocycles. The van der Waals surface area contributed by atoms with Gasteiger partial charge in [-0.25, -0.2) is 0 Å². The number of alkyl halides is 2. The topological polar surface area (TPSA) is 0 Å². The summed E-state index contributed by atoms with van der Waals surface area (Å²) >= 11 is 8.86. The Bertz CT molecular complexity index is 61.1. The van der Waals surface area contributed by atoms with E-state index in [1.807, 2.05) is 19.1 Å². The molecule has 0 aromatic heterocycles. The van der Waals surface area contributed by atoms with Crippen molar-refractivity contribution in [2.45, 2.75) is 12.3 Å². The predicted octanol–water partition coefficient (Wildman–Crippen LogP) is 2.56. The van der Waals surface area contributed by atoms with Crippen molar-refractivity contribution in [3.05, 3.63) is 12.2 Å². The summed E-state index contributed by atoms with van der Waals surface area (Å²) in [7, 11) is 0. The molecule has 0 spiro atoms. The molecule has 0 amide bonds. The normalized spacial score (nSPS) is 15.3. The molecule has 0 saturated heterocycles. The lowest BCUT2D eigenvalue weighted by atomic mass is 10.4. The van der Waals surface area contributed by atoms with Crippen molar-refractivity contribution in [3.8, 4) is 0 Å². The van der Waals surface area contributed by atoms with Gasteiger partial charge in [0.25, 0.3) is 0 Å². The number of rotatable bonds is 2. The highest BCUT2D eigenvalue weighted by molar-refractivity contribution is 9.09. The first kappa shape index (κ1) is 7.51. The quantitative estimate of drug-likeness (QED) is 0.456. The molecule has 0 rings (SSSR count). The fraction of sp³-hybridized carbons (Fsp3) is 0.600. The molecule has 0 aliphatic carbocycles. The molecule has 0 nitrogen and oxygen atoms in total. The summed E-state index contributed by atoms with van der Waals surface area (Å²) in [6.45, 7) is 1.96. The minimum absolute atomic E-state index is 0.157. The largest absolute Gasteiger partial charge is 0.118 e. The minimum Gasteiger partial charge on any atom is -0.118 e. The third kappa shape index (κ3) is 4.36. The van der Waals surface area contributed by atoms with E-state index in [9.17, 15) is 0 Å². The van der Waals surface area contributed by atoms with Crippen LogP contribution in [0.1, 0.15) is 6.92 Å². The van der Waals surface area contributed by atoms with Crippen LogP contribution >= 0.6 is 27.5 Å². The lowest BCUT2D eigenvalue weighted by Crippen LogP contribution is -1.91. The number of halogens is 2. The molecule has 0 aliphatic heterocycles. The monoisotopic (exact) mass is 182 g/mol. The molecular formula is C5H8BrCl. The average molecular weight is 183 g/mol. The Morgan fingerprint density at radius 3 is 2.57 bits per heavy atom. The number of allylic oxidation sites excluding steroid dienone is 2. The van der Waals surface area contributed by atoms with Crippen molar-refractivity contribution in [2.75, 3.05) is 5.33 Å². The van der Waals surface area contributed by atoms with Gasteiger partial charge in [-0.05, 0) is 6.92 Å². The van der Waals surface area contributed by atoms with Gasteiger partial charge in [0.05, 0.1) is 5.38 Å². The summed E-state index contributed by atoms with van der Waals surface area (Å²) < 4.78 is 0. The van der Waals surface area contributed by atoms with Gasteiger partial charge in [-0.3, -0.25) is 0 Å². The van der Waals surface area contributed by atoms with E-state index in [0.717, 1.165) is 5.33 Å². The SMILES string of the molecule is C/C=C/C(Cl)CBr. The highest BCUT2D eigenvalue weighted by Crippen LogP contribution is 2.00. The van der Waals surface area contributed by atoms with E-state index < -0.39 is 0 Å². The standard InChI is InChI=1S/C5H8BrCl/c1-2-3-5(7)4-6/h2-3,5H,4H2,1H3/b3-2+. The van der Waals surface area contributed by atoms with Crippen LogP contribution in [0.4, 0.5) is 0 Å². The first-order chi connectivity index (χ1) is 3.31. The Morgan fingerprint density at radius 2 is 2.43 bits per heavy atom. The Labute approximate surface area is 57.7 Å². The molecule has 7 heavy (non-hydrogen) atoms. The van der Waals surface area contributed by atoms with Gasteiger partial charge < -0.3 is 0 Å². The summed E-state index contributed by atoms with van der Waals surface area (Å²) in [4.78, 5) is 0. The average Bonchev–Trinajstić information content (AvgIpc) is 1.68. The predicted molar refractivity (Wildman–Crippen MR) is 38.2 cm³/mol. The molecule has 0 bridgehead atoms. The van der Waals surface area contributed by atoms with E-state index in [1.165, 1.54) is 0 Å². The van der Waals surface area contributed by atoms with Gasteiger partial charge in [0.15, 0.2) is 0 Å². The van der Waals surface area contributed by atoms with Gasteiger partial charge in [-0.2, -0.15) is 0 Å². The van der Waals surface area contributed by atoms with Crippen molar-refractivity contribution in [1.29, 1.82) is 0 Å². The van der Waals surface area contributed by atoms with Crippen molar-refractivity contribution in [3.63, 3.8) is 0 Å². The molecule has 1 atom stereocenters. The van der Waals surface area contributed by atoms with Crippen molar-refractivity contribution < 1.29 is 0 Å². The summed E-state index contributed by atoms with van der Waals surface area (Å²) in [5, 5.41) is 0.990. The van der Waals surface area contributed by atoms with Crippen LogP contribution in [0, 0.1) is 0 Å². The smallest absolute Gasteiger partial charge is 0.0612 e. The van der Waals surface area contributed by atoms with Crippen LogP contribution < -0.4 is 0 Å². The van der Waals surface area contributed by atoms with Crippen LogP contribution in [0.25, 0.3) is 0 Å². The molecule has 0 saturated carbocycles. The lowest BCUT2D eigenvalue weighted by Gasteiger charge is -1.91. The lowest BCUT2D eigenvalue weighted by molar-refractivity contribution is 1.26. The second-order valence-electron chi connectivity index (χ2n) is 1.20. The summed E-state index contributed by atoms with van der Waals surface area (Å²) in [5.74, 6) is 0. The van der Waals surface area contributed by atoms with Gasteiger partial charge >= 0.3 is 0 Å². The van der Waals surface area contributed by atoms with Crippen LogP contribution in [-0.4, -0.2) is 10.7 Å². The second-order valence-corrected chi connectivity index (χ2v) is 2.40. The van der Waals surface area contributed by atoms with E-state index >= 15 is 0 Å². The Hall–Kier alpha value is 0.510. The molecule has 0 radical (unpaired) electrons. The van der Waals surface area contributed by atoms with Crippen molar-refractivity contribution in [1.82, 2.24) is 0 Å². The van der Waals surface area contributed by atoms with E-state index in [2.05, 4.69) is 15.9 Å². The van der Waals surface area contributed by atoms with Crippen LogP contribution in [0.3, 0.4) is 0 Å². The molecule has 0 N–H and O–H groups in total. The van der Waals surface area contributed by atoms with Crippen LogP contribution in [0.5, 0.6) is 0 Å². The molecule has 2 heteroatoms. The zero-order valence-electron chi connectivity index (χ0n) is 4.20. The molecule has 0 fully saturated rings. The number of hydrogen-bond acceptors (Lipinski definition) is 0. The van der Waals surface area contributed by atoms with Crippen molar-refractivity contribution in [2.24, 2.45) is 0 Å². The maximum absolute atomic E-state index is 5.63. The Morgan fingerprint density at radius 1 is 1.86 bits per heavy atom. The maximum atomic E-state index is 5.63. The zero-order valence-corrected chi connectivity index (χ0v) is 6.54. The van der Waals surface area contributed by atoms with Crippen molar-refractivity contribution >= 4 is 27.5 Å². The fourth-order valence-corrected chi connectivity index (χ4v) is 0.622. The molecular weight excluding hydrogens is 175 g/mol. The van der Waals surface area contributed by atoms with Gasteiger partial charge in [0.2, 0.25) is 0 Å². The number of hydrogen-bond donors (Lipinski definition) is 0. The Balaban J connectivity index is 3.16. The van der Waals surface area contributed by atoms with E-state index in [1.54, 1.807) is 0 Å². The van der Waals surface area contributed by atoms with Crippen LogP contribution in [0.2, 0.25) is 0 Å². The van der Waals surface area contributed by atoms with E-state index in [-0.39, 0.29) is 5.38 Å². The van der Waals surface area contributed by atoms with E-state index in [0.29, 0.717) is 0 Å². The van der Waals surface area contributed by atoms with E-state index in [4.69, 9.17) is 11.6 Å². The zero-order chi connectivity index (χ0) is 5.70. The molecule has 1 unspecified atom stereocenters. The molecule has 42 valence electrons. The summed E-state index contributed by atoms with van der Waals surface area (Å²) in [5.41, 5.74) is 0. The second kappa shape index (κ2) is 4.66. The fourth-order valence-electron chi connectivity index (χ4n) is 0.260. The van der Waals surface area contributed by atoms with Gasteiger partial charge in [0, 0.05) is 5.33 Å². The molecule has 0 aromatic carbocycles. The Kier molecular flexibility index (Phi) is 5.00. The first-order valence-corrected chi connectivity index (χ1v) is 3.70. The highest BCUT2D eigenvalue weighted by Gasteiger charge is 1.90. The summed E-state index contributed by atoms with van der Waals surface area (Å²) in [6.07, 6.45) is 3.88. The molecule has 0 aliphatic rings. The van der Waals surface area contributed by atoms with Gasteiger partial charge in [-0.1, -0.05) is 28.1 Å². The van der Waals surface area contributed by atoms with Gasteiger partial charge in [0.1, 0.15) is 0 Å². The third-order valence-corrected chi connectivity index (χ3v) is 1.92. The summed E-state index contributed by atoms with van der Waals surface area (Å²) in [6, 6.07) is 0. The van der Waals surface area contributed by atoms with Crippen LogP contribution in [-0.2, 0) is 0 Å². The minimum atomic E-state index is 0.157. The molecule has 0 aromatic rings. The highest BCUT2D eigenvalue weighted by atomic mass is 79.9. The first-order valence-electron chi connectivity index (χ1n) is 2.14. The van der Waals surface area contributed by atoms with Gasteiger partial charge in [-0.15, -0.1) is 11.6 Å². The van der Waals surface area contributed by atoms with Crippen LogP contribution in [0.15, 0.2) is 12.2 Å². The third-order valence-electron chi connectivity index (χ3n) is 0.549.